The molecule has 2 heterocycles. The van der Waals surface area contributed by atoms with Gasteiger partial charge in [-0.3, -0.25) is 9.36 Å². The SMILES string of the molecule is C=CCOc1ccc(Br)cc1/C=c1\sc2n(c1=O)[C@@H](c1ccc(N(C)C)cc1)C(C(=O)OCC)=C(C)N=2. The van der Waals surface area contributed by atoms with E-state index in [4.69, 9.17) is 9.47 Å². The molecule has 9 heteroatoms. The molecule has 7 nitrogen and oxygen atoms in total. The lowest BCUT2D eigenvalue weighted by Gasteiger charge is -2.25. The van der Waals surface area contributed by atoms with E-state index in [1.54, 1.807) is 30.6 Å². The van der Waals surface area contributed by atoms with Crippen molar-refractivity contribution >= 4 is 45.0 Å². The van der Waals surface area contributed by atoms with Gasteiger partial charge in [0.05, 0.1) is 28.5 Å². The van der Waals surface area contributed by atoms with Crippen molar-refractivity contribution < 1.29 is 14.3 Å². The molecule has 0 bridgehead atoms. The van der Waals surface area contributed by atoms with Crippen molar-refractivity contribution in [3.05, 3.63) is 102 Å². The van der Waals surface area contributed by atoms with Crippen molar-refractivity contribution in [3.63, 3.8) is 0 Å². The van der Waals surface area contributed by atoms with Gasteiger partial charge in [-0.15, -0.1) is 0 Å². The first-order valence-electron chi connectivity index (χ1n) is 11.7. The van der Waals surface area contributed by atoms with Crippen molar-refractivity contribution in [1.29, 1.82) is 0 Å². The fourth-order valence-electron chi connectivity index (χ4n) is 4.12. The number of anilines is 1. The van der Waals surface area contributed by atoms with Crippen LogP contribution in [0.2, 0.25) is 0 Å². The topological polar surface area (TPSA) is 73.1 Å². The number of nitrogens with zero attached hydrogens (tertiary/aromatic N) is 3. The van der Waals surface area contributed by atoms with E-state index in [2.05, 4.69) is 27.5 Å². The third-order valence-electron chi connectivity index (χ3n) is 5.86. The number of carbonyl (C=O) groups excluding carboxylic acids is 1. The van der Waals surface area contributed by atoms with Crippen molar-refractivity contribution in [3.8, 4) is 5.75 Å². The summed E-state index contributed by atoms with van der Waals surface area (Å²) in [6.45, 7) is 7.81. The summed E-state index contributed by atoms with van der Waals surface area (Å²) in [7, 11) is 3.92. The summed E-state index contributed by atoms with van der Waals surface area (Å²) in [6, 6.07) is 12.8. The number of benzene rings is 2. The van der Waals surface area contributed by atoms with E-state index in [9.17, 15) is 9.59 Å². The first-order chi connectivity index (χ1) is 17.7. The summed E-state index contributed by atoms with van der Waals surface area (Å²) in [4.78, 5) is 34.1. The van der Waals surface area contributed by atoms with E-state index in [1.165, 1.54) is 11.3 Å². The molecule has 0 radical (unpaired) electrons. The van der Waals surface area contributed by atoms with Crippen LogP contribution in [0.5, 0.6) is 5.75 Å². The highest BCUT2D eigenvalue weighted by Gasteiger charge is 2.33. The molecule has 0 amide bonds. The van der Waals surface area contributed by atoms with Crippen molar-refractivity contribution in [2.75, 3.05) is 32.2 Å². The van der Waals surface area contributed by atoms with E-state index in [1.807, 2.05) is 61.5 Å². The molecule has 0 aliphatic carbocycles. The number of fused-ring (bicyclic) bond motifs is 1. The summed E-state index contributed by atoms with van der Waals surface area (Å²) in [5.74, 6) is 0.153. The van der Waals surface area contributed by atoms with Gasteiger partial charge in [0, 0.05) is 29.8 Å². The third-order valence-corrected chi connectivity index (χ3v) is 7.33. The summed E-state index contributed by atoms with van der Waals surface area (Å²) in [5, 5.41) is 0. The fourth-order valence-corrected chi connectivity index (χ4v) is 5.53. The normalized spacial score (nSPS) is 15.2. The summed E-state index contributed by atoms with van der Waals surface area (Å²) in [5.41, 5.74) is 3.20. The molecule has 0 fully saturated rings. The molecule has 0 saturated heterocycles. The summed E-state index contributed by atoms with van der Waals surface area (Å²) >= 11 is 4.78. The van der Waals surface area contributed by atoms with Gasteiger partial charge in [0.25, 0.3) is 5.56 Å². The van der Waals surface area contributed by atoms with Crippen LogP contribution in [0.1, 0.15) is 31.0 Å². The molecule has 0 saturated carbocycles. The molecule has 4 rings (SSSR count). The van der Waals surface area contributed by atoms with Crippen molar-refractivity contribution in [2.45, 2.75) is 19.9 Å². The van der Waals surface area contributed by atoms with Crippen LogP contribution in [0, 0.1) is 0 Å². The average Bonchev–Trinajstić information content (AvgIpc) is 3.17. The Kier molecular flexibility index (Phi) is 8.14. The lowest BCUT2D eigenvalue weighted by Crippen LogP contribution is -2.40. The van der Waals surface area contributed by atoms with Gasteiger partial charge < -0.3 is 14.4 Å². The van der Waals surface area contributed by atoms with Crippen molar-refractivity contribution in [1.82, 2.24) is 4.57 Å². The standard InChI is InChI=1S/C28H28BrN3O4S/c1-6-14-36-22-13-10-20(29)15-19(22)16-23-26(33)32-25(18-8-11-21(12-9-18)31(4)5)24(27(34)35-7-2)17(3)30-28(32)37-23/h6,8-13,15-16,25H,1,7,14H2,2-5H3/b23-16-/t25-/m0/s1. The number of hydrogen-bond donors (Lipinski definition) is 0. The smallest absolute Gasteiger partial charge is 0.338 e. The monoisotopic (exact) mass is 581 g/mol. The predicted molar refractivity (Wildman–Crippen MR) is 151 cm³/mol. The van der Waals surface area contributed by atoms with Crippen molar-refractivity contribution in [2.24, 2.45) is 4.99 Å². The number of halogens is 1. The molecule has 0 N–H and O–H groups in total. The molecule has 2 aromatic carbocycles. The minimum absolute atomic E-state index is 0.225. The quantitative estimate of drug-likeness (QED) is 0.294. The fraction of sp³-hybridized carbons (Fsp3) is 0.250. The van der Waals surface area contributed by atoms with E-state index < -0.39 is 12.0 Å². The highest BCUT2D eigenvalue weighted by Crippen LogP contribution is 2.32. The number of esters is 1. The summed E-state index contributed by atoms with van der Waals surface area (Å²) in [6.07, 6.45) is 3.46. The Bertz CT molecular complexity index is 1550. The largest absolute Gasteiger partial charge is 0.489 e. The molecule has 37 heavy (non-hydrogen) atoms. The number of rotatable bonds is 8. The van der Waals surface area contributed by atoms with E-state index in [-0.39, 0.29) is 12.2 Å². The van der Waals surface area contributed by atoms with Crippen LogP contribution < -0.4 is 24.5 Å². The molecule has 1 atom stereocenters. The second-order valence-electron chi connectivity index (χ2n) is 8.57. The first kappa shape index (κ1) is 26.6. The zero-order valence-electron chi connectivity index (χ0n) is 21.2. The van der Waals surface area contributed by atoms with Gasteiger partial charge in [-0.05, 0) is 55.8 Å². The van der Waals surface area contributed by atoms with Crippen LogP contribution >= 0.6 is 27.3 Å². The maximum absolute atomic E-state index is 13.9. The maximum Gasteiger partial charge on any atom is 0.338 e. The Morgan fingerprint density at radius 3 is 2.62 bits per heavy atom. The van der Waals surface area contributed by atoms with Gasteiger partial charge in [0.15, 0.2) is 4.80 Å². The zero-order valence-corrected chi connectivity index (χ0v) is 23.6. The third kappa shape index (κ3) is 5.47. The van der Waals surface area contributed by atoms with Gasteiger partial charge in [0.2, 0.25) is 0 Å². The number of aromatic nitrogens is 1. The number of thiazole rings is 1. The summed E-state index contributed by atoms with van der Waals surface area (Å²) < 4.78 is 14.1. The zero-order chi connectivity index (χ0) is 26.7. The number of carbonyl (C=O) groups is 1. The van der Waals surface area contributed by atoms with Crippen LogP contribution in [0.25, 0.3) is 6.08 Å². The van der Waals surface area contributed by atoms with Gasteiger partial charge in [-0.2, -0.15) is 0 Å². The highest BCUT2D eigenvalue weighted by molar-refractivity contribution is 9.10. The molecule has 0 spiro atoms. The lowest BCUT2D eigenvalue weighted by atomic mass is 9.95. The minimum atomic E-state index is -0.660. The van der Waals surface area contributed by atoms with Gasteiger partial charge in [-0.1, -0.05) is 52.1 Å². The van der Waals surface area contributed by atoms with Crippen LogP contribution in [0.3, 0.4) is 0 Å². The second-order valence-corrected chi connectivity index (χ2v) is 10.5. The Morgan fingerprint density at radius 1 is 1.24 bits per heavy atom. The molecule has 1 aliphatic rings. The molecule has 1 aliphatic heterocycles. The average molecular weight is 583 g/mol. The maximum atomic E-state index is 13.9. The molecule has 192 valence electrons. The van der Waals surface area contributed by atoms with Crippen LogP contribution in [-0.4, -0.2) is 37.8 Å². The lowest BCUT2D eigenvalue weighted by molar-refractivity contribution is -0.139. The Labute approximate surface area is 227 Å². The Morgan fingerprint density at radius 2 is 1.97 bits per heavy atom. The van der Waals surface area contributed by atoms with E-state index >= 15 is 0 Å². The molecule has 0 unspecified atom stereocenters. The van der Waals surface area contributed by atoms with Crippen LogP contribution in [-0.2, 0) is 9.53 Å². The Balaban J connectivity index is 1.93. The van der Waals surface area contributed by atoms with Crippen LogP contribution in [0.4, 0.5) is 5.69 Å². The van der Waals surface area contributed by atoms with E-state index in [0.717, 1.165) is 21.3 Å². The predicted octanol–water partition coefficient (Wildman–Crippen LogP) is 4.19. The van der Waals surface area contributed by atoms with Gasteiger partial charge >= 0.3 is 5.97 Å². The minimum Gasteiger partial charge on any atom is -0.489 e. The highest BCUT2D eigenvalue weighted by atomic mass is 79.9. The molecule has 3 aromatic rings. The number of hydrogen-bond acceptors (Lipinski definition) is 7. The number of ether oxygens (including phenoxy) is 2. The van der Waals surface area contributed by atoms with Gasteiger partial charge in [-0.25, -0.2) is 9.79 Å². The first-order valence-corrected chi connectivity index (χ1v) is 13.4. The van der Waals surface area contributed by atoms with E-state index in [0.29, 0.717) is 33.0 Å². The number of allylic oxidation sites excluding steroid dienone is 1. The Hall–Kier alpha value is -3.43. The van der Waals surface area contributed by atoms with Crippen LogP contribution in [0.15, 0.2) is 80.6 Å². The second kappa shape index (κ2) is 11.3. The molecule has 1 aromatic heterocycles. The molecular formula is C28H28BrN3O4S. The molecular weight excluding hydrogens is 554 g/mol. The van der Waals surface area contributed by atoms with Gasteiger partial charge in [0.1, 0.15) is 12.4 Å².